The third-order valence-corrected chi connectivity index (χ3v) is 3.79. The van der Waals surface area contributed by atoms with E-state index < -0.39 is 12.7 Å². The zero-order valence-electron chi connectivity index (χ0n) is 14.8. The molecule has 0 radical (unpaired) electrons. The number of hydrogen-bond donors (Lipinski definition) is 1. The second-order valence-corrected chi connectivity index (χ2v) is 5.53. The standard InChI is InChI=1S/C19H21F2NO4/c1-4-13-8-9-15(12(2)10-13)25-11-14-6-5-7-16(24-3)17(14)22-19(23)26-18(20)21/h5-10,18H,4,11H2,1-3H3,(H,22,23). The van der Waals surface area contributed by atoms with Gasteiger partial charge in [-0.05, 0) is 36.6 Å². The first-order valence-electron chi connectivity index (χ1n) is 8.08. The van der Waals surface area contributed by atoms with Crippen molar-refractivity contribution in [3.8, 4) is 11.5 Å². The molecule has 1 N–H and O–H groups in total. The summed E-state index contributed by atoms with van der Waals surface area (Å²) >= 11 is 0. The molecule has 0 bridgehead atoms. The Labute approximate surface area is 150 Å². The minimum Gasteiger partial charge on any atom is -0.495 e. The predicted molar refractivity (Wildman–Crippen MR) is 94.0 cm³/mol. The fraction of sp³-hybridized carbons (Fsp3) is 0.316. The lowest BCUT2D eigenvalue weighted by atomic mass is 10.1. The van der Waals surface area contributed by atoms with E-state index in [1.807, 2.05) is 25.1 Å². The van der Waals surface area contributed by atoms with Crippen LogP contribution in [0.25, 0.3) is 0 Å². The lowest BCUT2D eigenvalue weighted by Crippen LogP contribution is -2.18. The van der Waals surface area contributed by atoms with Crippen LogP contribution < -0.4 is 14.8 Å². The number of anilines is 1. The molecule has 2 aromatic rings. The zero-order valence-corrected chi connectivity index (χ0v) is 14.8. The van der Waals surface area contributed by atoms with Crippen LogP contribution in [-0.2, 0) is 17.8 Å². The topological polar surface area (TPSA) is 56.8 Å². The Hall–Kier alpha value is -2.83. The second-order valence-electron chi connectivity index (χ2n) is 5.53. The van der Waals surface area contributed by atoms with Gasteiger partial charge in [-0.2, -0.15) is 8.78 Å². The summed E-state index contributed by atoms with van der Waals surface area (Å²) in [7, 11) is 1.41. The van der Waals surface area contributed by atoms with Crippen LogP contribution in [0.3, 0.4) is 0 Å². The number of nitrogens with one attached hydrogen (secondary N) is 1. The molecule has 140 valence electrons. The largest absolute Gasteiger partial charge is 0.495 e. The first-order valence-corrected chi connectivity index (χ1v) is 8.08. The molecule has 0 heterocycles. The third-order valence-electron chi connectivity index (χ3n) is 3.79. The molecule has 0 saturated carbocycles. The van der Waals surface area contributed by atoms with Gasteiger partial charge in [0.1, 0.15) is 18.1 Å². The molecular weight excluding hydrogens is 344 g/mol. The normalized spacial score (nSPS) is 10.5. The van der Waals surface area contributed by atoms with Crippen LogP contribution in [0.5, 0.6) is 11.5 Å². The van der Waals surface area contributed by atoms with Gasteiger partial charge in [-0.15, -0.1) is 0 Å². The number of carbonyl (C=O) groups is 1. The van der Waals surface area contributed by atoms with Crippen molar-refractivity contribution < 1.29 is 27.8 Å². The number of aryl methyl sites for hydroxylation is 2. The number of halogens is 2. The van der Waals surface area contributed by atoms with Crippen molar-refractivity contribution in [1.82, 2.24) is 0 Å². The molecule has 0 aliphatic heterocycles. The second kappa shape index (κ2) is 9.03. The number of carbonyl (C=O) groups excluding carboxylic acids is 1. The maximum Gasteiger partial charge on any atom is 0.416 e. The number of hydrogen-bond acceptors (Lipinski definition) is 4. The fourth-order valence-corrected chi connectivity index (χ4v) is 2.47. The summed E-state index contributed by atoms with van der Waals surface area (Å²) in [6, 6.07) is 10.9. The Bertz CT molecular complexity index is 765. The number of alkyl halides is 2. The van der Waals surface area contributed by atoms with E-state index in [4.69, 9.17) is 9.47 Å². The minimum atomic E-state index is -3.20. The van der Waals surface area contributed by atoms with Crippen molar-refractivity contribution in [1.29, 1.82) is 0 Å². The molecule has 0 aliphatic carbocycles. The molecule has 0 atom stereocenters. The quantitative estimate of drug-likeness (QED) is 0.757. The summed E-state index contributed by atoms with van der Waals surface area (Å²) in [6.07, 6.45) is -0.341. The van der Waals surface area contributed by atoms with Gasteiger partial charge in [0.2, 0.25) is 0 Å². The van der Waals surface area contributed by atoms with Crippen LogP contribution in [-0.4, -0.2) is 19.8 Å². The third kappa shape index (κ3) is 5.08. The minimum absolute atomic E-state index is 0.119. The number of benzene rings is 2. The Morgan fingerprint density at radius 3 is 2.58 bits per heavy atom. The Morgan fingerprint density at radius 2 is 1.96 bits per heavy atom. The van der Waals surface area contributed by atoms with Gasteiger partial charge in [-0.3, -0.25) is 5.32 Å². The summed E-state index contributed by atoms with van der Waals surface area (Å²) in [5.74, 6) is 1.02. The van der Waals surface area contributed by atoms with Crippen molar-refractivity contribution in [2.24, 2.45) is 0 Å². The van der Waals surface area contributed by atoms with Crippen LogP contribution >= 0.6 is 0 Å². The molecule has 5 nitrogen and oxygen atoms in total. The molecule has 0 spiro atoms. The van der Waals surface area contributed by atoms with Gasteiger partial charge in [-0.25, -0.2) is 4.79 Å². The van der Waals surface area contributed by atoms with Crippen LogP contribution in [0.1, 0.15) is 23.6 Å². The molecule has 26 heavy (non-hydrogen) atoms. The maximum absolute atomic E-state index is 12.2. The van der Waals surface area contributed by atoms with E-state index in [1.165, 1.54) is 12.7 Å². The van der Waals surface area contributed by atoms with E-state index >= 15 is 0 Å². The van der Waals surface area contributed by atoms with Gasteiger partial charge in [0.05, 0.1) is 12.8 Å². The Balaban J connectivity index is 2.19. The highest BCUT2D eigenvalue weighted by molar-refractivity contribution is 5.88. The van der Waals surface area contributed by atoms with Crippen molar-refractivity contribution in [3.05, 3.63) is 53.1 Å². The predicted octanol–water partition coefficient (Wildman–Crippen LogP) is 4.92. The number of rotatable bonds is 7. The summed E-state index contributed by atoms with van der Waals surface area (Å²) in [5.41, 5.74) is 2.98. The van der Waals surface area contributed by atoms with E-state index in [0.717, 1.165) is 12.0 Å². The molecule has 7 heteroatoms. The van der Waals surface area contributed by atoms with E-state index in [1.54, 1.807) is 18.2 Å². The van der Waals surface area contributed by atoms with Gasteiger partial charge in [-0.1, -0.05) is 31.2 Å². The summed E-state index contributed by atoms with van der Waals surface area (Å²) in [4.78, 5) is 11.5. The number of para-hydroxylation sites is 1. The molecule has 0 saturated heterocycles. The SMILES string of the molecule is CCc1ccc(OCc2cccc(OC)c2NC(=O)OC(F)F)c(C)c1. The average Bonchev–Trinajstić information content (AvgIpc) is 2.60. The van der Waals surface area contributed by atoms with Crippen LogP contribution in [0, 0.1) is 6.92 Å². The highest BCUT2D eigenvalue weighted by Crippen LogP contribution is 2.30. The van der Waals surface area contributed by atoms with Crippen molar-refractivity contribution in [2.75, 3.05) is 12.4 Å². The van der Waals surface area contributed by atoms with Gasteiger partial charge < -0.3 is 14.2 Å². The monoisotopic (exact) mass is 365 g/mol. The van der Waals surface area contributed by atoms with E-state index in [0.29, 0.717) is 17.1 Å². The zero-order chi connectivity index (χ0) is 19.1. The fourth-order valence-electron chi connectivity index (χ4n) is 2.47. The molecule has 2 rings (SSSR count). The van der Waals surface area contributed by atoms with E-state index in [-0.39, 0.29) is 12.3 Å². The molecule has 0 fully saturated rings. The van der Waals surface area contributed by atoms with Gasteiger partial charge in [0.25, 0.3) is 0 Å². The van der Waals surface area contributed by atoms with Crippen molar-refractivity contribution in [3.63, 3.8) is 0 Å². The number of amides is 1. The van der Waals surface area contributed by atoms with Crippen LogP contribution in [0.15, 0.2) is 36.4 Å². The summed E-state index contributed by atoms with van der Waals surface area (Å²) in [5, 5.41) is 2.28. The van der Waals surface area contributed by atoms with E-state index in [2.05, 4.69) is 17.0 Å². The molecule has 1 amide bonds. The molecule has 0 unspecified atom stereocenters. The molecule has 2 aromatic carbocycles. The summed E-state index contributed by atoms with van der Waals surface area (Å²) < 4.78 is 39.3. The number of methoxy groups -OCH3 is 1. The lowest BCUT2D eigenvalue weighted by Gasteiger charge is -2.16. The Morgan fingerprint density at radius 1 is 1.19 bits per heavy atom. The van der Waals surface area contributed by atoms with Crippen molar-refractivity contribution >= 4 is 11.8 Å². The van der Waals surface area contributed by atoms with Crippen molar-refractivity contribution in [2.45, 2.75) is 33.5 Å². The summed E-state index contributed by atoms with van der Waals surface area (Å²) in [6.45, 7) is 0.929. The lowest BCUT2D eigenvalue weighted by molar-refractivity contribution is -0.0766. The van der Waals surface area contributed by atoms with E-state index in [9.17, 15) is 13.6 Å². The molecule has 0 aliphatic rings. The maximum atomic E-state index is 12.2. The highest BCUT2D eigenvalue weighted by atomic mass is 19.3. The first-order chi connectivity index (χ1) is 12.4. The molecular formula is C19H21F2NO4. The highest BCUT2D eigenvalue weighted by Gasteiger charge is 2.17. The van der Waals surface area contributed by atoms with Crippen LogP contribution in [0.2, 0.25) is 0 Å². The van der Waals surface area contributed by atoms with Gasteiger partial charge in [0.15, 0.2) is 0 Å². The Kier molecular flexibility index (Phi) is 6.77. The first kappa shape index (κ1) is 19.5. The molecule has 0 aromatic heterocycles. The van der Waals surface area contributed by atoms with Crippen LogP contribution in [0.4, 0.5) is 19.3 Å². The number of ether oxygens (including phenoxy) is 3. The average molecular weight is 365 g/mol. The van der Waals surface area contributed by atoms with Gasteiger partial charge >= 0.3 is 12.7 Å². The smallest absolute Gasteiger partial charge is 0.416 e. The van der Waals surface area contributed by atoms with Gasteiger partial charge in [0, 0.05) is 5.56 Å².